The Morgan fingerprint density at radius 1 is 1.38 bits per heavy atom. The number of pyridine rings is 1. The zero-order valence-corrected chi connectivity index (χ0v) is 20.4. The molecule has 7 heteroatoms. The highest BCUT2D eigenvalue weighted by molar-refractivity contribution is 5.97. The van der Waals surface area contributed by atoms with Crippen LogP contribution in [0.1, 0.15) is 55.1 Å². The van der Waals surface area contributed by atoms with Crippen molar-refractivity contribution >= 4 is 5.91 Å². The minimum atomic E-state index is -0.354. The highest BCUT2D eigenvalue weighted by atomic mass is 19.1. The topological polar surface area (TPSA) is 65.9 Å². The van der Waals surface area contributed by atoms with Gasteiger partial charge in [-0.05, 0) is 32.5 Å². The van der Waals surface area contributed by atoms with Crippen LogP contribution in [0.5, 0.6) is 5.88 Å². The Labute approximate surface area is 201 Å². The Morgan fingerprint density at radius 2 is 2.15 bits per heavy atom. The predicted molar refractivity (Wildman–Crippen MR) is 130 cm³/mol. The van der Waals surface area contributed by atoms with Gasteiger partial charge in [0.2, 0.25) is 5.88 Å². The number of likely N-dealkylation sites (N-methyl/N-ethyl adjacent to an activating group) is 1. The van der Waals surface area contributed by atoms with Crippen molar-refractivity contribution in [1.82, 2.24) is 14.8 Å². The lowest BCUT2D eigenvalue weighted by Gasteiger charge is -2.37. The molecule has 1 aliphatic heterocycles. The first-order valence-electron chi connectivity index (χ1n) is 11.8. The summed E-state index contributed by atoms with van der Waals surface area (Å²) < 4.78 is 20.4. The van der Waals surface area contributed by atoms with E-state index in [1.54, 1.807) is 29.3 Å². The molecule has 1 amide bonds. The maximum atomic E-state index is 14.1. The Kier molecular flexibility index (Phi) is 9.03. The third-order valence-electron chi connectivity index (χ3n) is 6.02. The van der Waals surface area contributed by atoms with Crippen LogP contribution in [-0.4, -0.2) is 64.7 Å². The van der Waals surface area contributed by atoms with Gasteiger partial charge in [-0.15, -0.1) is 0 Å². The molecule has 2 aromatic rings. The van der Waals surface area contributed by atoms with E-state index >= 15 is 0 Å². The number of halogens is 1. The lowest BCUT2D eigenvalue weighted by molar-refractivity contribution is 0.0324. The number of unbranched alkanes of at least 4 members (excludes halogenated alkanes) is 1. The second-order valence-corrected chi connectivity index (χ2v) is 9.04. The Hall–Kier alpha value is -2.95. The number of benzene rings is 1. The molecule has 0 aliphatic carbocycles. The monoisotopic (exact) mass is 467 g/mol. The number of amides is 1. The number of aliphatic hydroxyl groups excluding tert-OH is 1. The molecule has 0 spiro atoms. The van der Waals surface area contributed by atoms with Gasteiger partial charge >= 0.3 is 0 Å². The minimum Gasteiger partial charge on any atom is -0.472 e. The van der Waals surface area contributed by atoms with Crippen LogP contribution in [0.15, 0.2) is 36.5 Å². The molecule has 3 atom stereocenters. The third kappa shape index (κ3) is 6.34. The van der Waals surface area contributed by atoms with Crippen molar-refractivity contribution in [3.8, 4) is 17.7 Å². The van der Waals surface area contributed by atoms with Crippen LogP contribution in [0.3, 0.4) is 0 Å². The maximum Gasteiger partial charge on any atom is 0.259 e. The first-order chi connectivity index (χ1) is 16.3. The SMILES string of the molecule is CCCC#Cc1cnc2c(c1)C(=O)N([C@@H](C)CO)C[C@H](C)[C@@H](CN(C)Cc1ccccc1F)O2. The average molecular weight is 468 g/mol. The van der Waals surface area contributed by atoms with Crippen LogP contribution in [0.25, 0.3) is 0 Å². The fourth-order valence-corrected chi connectivity index (χ4v) is 3.97. The van der Waals surface area contributed by atoms with Gasteiger partial charge in [0.15, 0.2) is 0 Å². The molecular formula is C27H34FN3O3. The Morgan fingerprint density at radius 3 is 2.85 bits per heavy atom. The summed E-state index contributed by atoms with van der Waals surface area (Å²) in [5, 5.41) is 9.79. The van der Waals surface area contributed by atoms with Crippen molar-refractivity contribution in [2.75, 3.05) is 26.7 Å². The van der Waals surface area contributed by atoms with Crippen LogP contribution in [0.2, 0.25) is 0 Å². The second kappa shape index (κ2) is 12.0. The smallest absolute Gasteiger partial charge is 0.259 e. The summed E-state index contributed by atoms with van der Waals surface area (Å²) in [7, 11) is 1.92. The lowest BCUT2D eigenvalue weighted by Crippen LogP contribution is -2.49. The van der Waals surface area contributed by atoms with Gasteiger partial charge in [0.25, 0.3) is 5.91 Å². The molecule has 6 nitrogen and oxygen atoms in total. The molecule has 1 aromatic carbocycles. The zero-order chi connectivity index (χ0) is 24.7. The minimum absolute atomic E-state index is 0.0417. The fourth-order valence-electron chi connectivity index (χ4n) is 3.97. The summed E-state index contributed by atoms with van der Waals surface area (Å²) in [6.07, 6.45) is 3.06. The zero-order valence-electron chi connectivity index (χ0n) is 20.4. The van der Waals surface area contributed by atoms with Crippen molar-refractivity contribution in [2.45, 2.75) is 52.3 Å². The molecular weight excluding hydrogens is 433 g/mol. The first kappa shape index (κ1) is 25.7. The summed E-state index contributed by atoms with van der Waals surface area (Å²) in [6.45, 7) is 7.13. The molecule has 0 saturated heterocycles. The molecule has 3 rings (SSSR count). The highest BCUT2D eigenvalue weighted by Gasteiger charge is 2.34. The van der Waals surface area contributed by atoms with Crippen molar-refractivity contribution in [3.05, 3.63) is 59.0 Å². The molecule has 1 N–H and O–H groups in total. The van der Waals surface area contributed by atoms with Crippen molar-refractivity contribution in [2.24, 2.45) is 5.92 Å². The van der Waals surface area contributed by atoms with E-state index in [9.17, 15) is 14.3 Å². The fraction of sp³-hybridized carbons (Fsp3) is 0.481. The van der Waals surface area contributed by atoms with E-state index in [-0.39, 0.29) is 42.3 Å². The number of fused-ring (bicyclic) bond motifs is 1. The average Bonchev–Trinajstić information content (AvgIpc) is 2.82. The van der Waals surface area contributed by atoms with E-state index in [0.29, 0.717) is 36.3 Å². The molecule has 2 heterocycles. The van der Waals surface area contributed by atoms with Gasteiger partial charge in [0.05, 0.1) is 12.6 Å². The quantitative estimate of drug-likeness (QED) is 0.629. The van der Waals surface area contributed by atoms with Crippen molar-refractivity contribution in [1.29, 1.82) is 0 Å². The molecule has 0 fully saturated rings. The number of carbonyl (C=O) groups is 1. The number of aliphatic hydroxyl groups is 1. The number of rotatable bonds is 7. The van der Waals surface area contributed by atoms with E-state index in [2.05, 4.69) is 23.7 Å². The van der Waals surface area contributed by atoms with E-state index in [0.717, 1.165) is 12.8 Å². The standard InChI is InChI=1S/C27H34FN3O3/c1-5-6-7-10-21-13-23-26(29-14-21)34-25(19(2)15-31(27(23)33)20(3)18-32)17-30(4)16-22-11-8-9-12-24(22)28/h8-9,11-14,19-20,25,32H,5-6,15-18H2,1-4H3/t19-,20-,25+/m0/s1. The van der Waals surface area contributed by atoms with Crippen LogP contribution >= 0.6 is 0 Å². The summed E-state index contributed by atoms with van der Waals surface area (Å²) in [4.78, 5) is 21.6. The number of aromatic nitrogens is 1. The van der Waals surface area contributed by atoms with E-state index in [1.165, 1.54) is 6.07 Å². The molecule has 0 saturated carbocycles. The van der Waals surface area contributed by atoms with Crippen molar-refractivity contribution in [3.63, 3.8) is 0 Å². The summed E-state index contributed by atoms with van der Waals surface area (Å²) in [5.74, 6) is 5.90. The molecule has 0 bridgehead atoms. The number of hydrogen-bond donors (Lipinski definition) is 1. The van der Waals surface area contributed by atoms with E-state index in [1.807, 2.05) is 31.9 Å². The van der Waals surface area contributed by atoms with E-state index < -0.39 is 0 Å². The van der Waals surface area contributed by atoms with E-state index in [4.69, 9.17) is 4.74 Å². The predicted octanol–water partition coefficient (Wildman–Crippen LogP) is 3.72. The van der Waals surface area contributed by atoms with Gasteiger partial charge in [-0.3, -0.25) is 9.69 Å². The Bertz CT molecular complexity index is 1050. The number of nitrogens with zero attached hydrogens (tertiary/aromatic N) is 3. The number of carbonyl (C=O) groups excluding carboxylic acids is 1. The molecule has 34 heavy (non-hydrogen) atoms. The molecule has 1 aromatic heterocycles. The summed E-state index contributed by atoms with van der Waals surface area (Å²) in [5.41, 5.74) is 1.61. The van der Waals surface area contributed by atoms with Crippen molar-refractivity contribution < 1.29 is 19.0 Å². The van der Waals surface area contributed by atoms with Crippen LogP contribution in [0, 0.1) is 23.6 Å². The lowest BCUT2D eigenvalue weighted by atomic mass is 9.99. The molecule has 1 aliphatic rings. The van der Waals surface area contributed by atoms with Gasteiger partial charge in [0.1, 0.15) is 17.5 Å². The van der Waals surface area contributed by atoms with Gasteiger partial charge in [-0.25, -0.2) is 9.37 Å². The Balaban J connectivity index is 1.90. The highest BCUT2D eigenvalue weighted by Crippen LogP contribution is 2.27. The third-order valence-corrected chi connectivity index (χ3v) is 6.02. The normalized spacial score (nSPS) is 18.9. The molecule has 0 unspecified atom stereocenters. The number of hydrogen-bond acceptors (Lipinski definition) is 5. The summed E-state index contributed by atoms with van der Waals surface area (Å²) in [6, 6.07) is 8.10. The second-order valence-electron chi connectivity index (χ2n) is 9.04. The van der Waals surface area contributed by atoms with Gasteiger partial charge in [-0.2, -0.15) is 0 Å². The number of ether oxygens (including phenoxy) is 1. The van der Waals surface area contributed by atoms with Crippen LogP contribution in [-0.2, 0) is 6.54 Å². The first-order valence-corrected chi connectivity index (χ1v) is 11.8. The molecule has 0 radical (unpaired) electrons. The summed E-state index contributed by atoms with van der Waals surface area (Å²) >= 11 is 0. The van der Waals surface area contributed by atoms with Gasteiger partial charge in [0, 0.05) is 49.3 Å². The molecule has 182 valence electrons. The maximum absolute atomic E-state index is 14.1. The van der Waals surface area contributed by atoms with Gasteiger partial charge < -0.3 is 14.7 Å². The van der Waals surface area contributed by atoms with Crippen LogP contribution < -0.4 is 4.74 Å². The van der Waals surface area contributed by atoms with Crippen LogP contribution in [0.4, 0.5) is 4.39 Å². The van der Waals surface area contributed by atoms with Gasteiger partial charge in [-0.1, -0.05) is 43.9 Å². The largest absolute Gasteiger partial charge is 0.472 e.